The summed E-state index contributed by atoms with van der Waals surface area (Å²) in [7, 11) is 0. The zero-order valence-electron chi connectivity index (χ0n) is 11.5. The highest BCUT2D eigenvalue weighted by atomic mass is 16.1. The van der Waals surface area contributed by atoms with Crippen LogP contribution in [0, 0.1) is 5.92 Å². The first kappa shape index (κ1) is 14.5. The number of nitrogens with zero attached hydrogens (tertiary/aromatic N) is 1. The molecule has 0 aromatic carbocycles. The number of primary amides is 1. The van der Waals surface area contributed by atoms with E-state index in [1.807, 2.05) is 6.92 Å². The van der Waals surface area contributed by atoms with Crippen molar-refractivity contribution >= 4 is 5.91 Å². The summed E-state index contributed by atoms with van der Waals surface area (Å²) >= 11 is 0. The highest BCUT2D eigenvalue weighted by Gasteiger charge is 2.34. The Bertz CT molecular complexity index is 253. The summed E-state index contributed by atoms with van der Waals surface area (Å²) in [4.78, 5) is 14.0. The molecule has 1 saturated carbocycles. The Balaban J connectivity index is 2.52. The van der Waals surface area contributed by atoms with E-state index in [0.717, 1.165) is 38.5 Å². The van der Waals surface area contributed by atoms with Gasteiger partial charge in [-0.3, -0.25) is 4.79 Å². The summed E-state index contributed by atoms with van der Waals surface area (Å²) < 4.78 is 0. The van der Waals surface area contributed by atoms with Crippen molar-refractivity contribution in [3.63, 3.8) is 0 Å². The quantitative estimate of drug-likeness (QED) is 0.632. The molecule has 1 fully saturated rings. The van der Waals surface area contributed by atoms with E-state index < -0.39 is 5.54 Å². The predicted octanol–water partition coefficient (Wildman–Crippen LogP) is 0.962. The molecule has 1 aliphatic carbocycles. The van der Waals surface area contributed by atoms with Crippen LogP contribution in [0.15, 0.2) is 0 Å². The van der Waals surface area contributed by atoms with Gasteiger partial charge in [0.25, 0.3) is 0 Å². The first-order valence-electron chi connectivity index (χ1n) is 6.79. The monoisotopic (exact) mass is 241 g/mol. The Morgan fingerprint density at radius 1 is 1.47 bits per heavy atom. The molecule has 1 rings (SSSR count). The van der Waals surface area contributed by atoms with E-state index in [9.17, 15) is 4.79 Å². The van der Waals surface area contributed by atoms with Gasteiger partial charge in [-0.25, -0.2) is 0 Å². The Morgan fingerprint density at radius 3 is 2.53 bits per heavy atom. The fraction of sp³-hybridized carbons (Fsp3) is 0.923. The van der Waals surface area contributed by atoms with Gasteiger partial charge in [0, 0.05) is 13.1 Å². The maximum Gasteiger partial charge on any atom is 0.238 e. The molecule has 3 N–H and O–H groups in total. The van der Waals surface area contributed by atoms with Crippen LogP contribution in [-0.2, 0) is 4.79 Å². The molecule has 17 heavy (non-hydrogen) atoms. The molecule has 0 heterocycles. The molecule has 4 heteroatoms. The fourth-order valence-corrected chi connectivity index (χ4v) is 2.04. The van der Waals surface area contributed by atoms with E-state index in [0.29, 0.717) is 0 Å². The lowest BCUT2D eigenvalue weighted by Gasteiger charge is -2.33. The smallest absolute Gasteiger partial charge is 0.238 e. The van der Waals surface area contributed by atoms with Crippen LogP contribution in [-0.4, -0.2) is 42.5 Å². The third kappa shape index (κ3) is 4.64. The molecule has 1 amide bonds. The molecule has 100 valence electrons. The number of rotatable bonds is 9. The second-order valence-electron chi connectivity index (χ2n) is 5.39. The highest BCUT2D eigenvalue weighted by molar-refractivity contribution is 5.84. The third-order valence-electron chi connectivity index (χ3n) is 3.51. The van der Waals surface area contributed by atoms with Gasteiger partial charge in [0.05, 0.1) is 0 Å². The van der Waals surface area contributed by atoms with Crippen LogP contribution < -0.4 is 11.1 Å². The number of carbonyl (C=O) groups is 1. The third-order valence-corrected chi connectivity index (χ3v) is 3.51. The van der Waals surface area contributed by atoms with E-state index in [4.69, 9.17) is 5.73 Å². The minimum atomic E-state index is -0.596. The van der Waals surface area contributed by atoms with E-state index in [1.165, 1.54) is 12.8 Å². The van der Waals surface area contributed by atoms with Crippen molar-refractivity contribution in [2.75, 3.05) is 26.2 Å². The van der Waals surface area contributed by atoms with Crippen molar-refractivity contribution in [2.45, 2.75) is 45.6 Å². The molecule has 0 aliphatic heterocycles. The van der Waals surface area contributed by atoms with Gasteiger partial charge < -0.3 is 16.0 Å². The van der Waals surface area contributed by atoms with Crippen LogP contribution in [0.4, 0.5) is 0 Å². The van der Waals surface area contributed by atoms with E-state index in [2.05, 4.69) is 24.1 Å². The predicted molar refractivity (Wildman–Crippen MR) is 70.7 cm³/mol. The lowest BCUT2D eigenvalue weighted by atomic mass is 10.00. The van der Waals surface area contributed by atoms with Crippen LogP contribution in [0.2, 0.25) is 0 Å². The van der Waals surface area contributed by atoms with Crippen molar-refractivity contribution < 1.29 is 4.79 Å². The van der Waals surface area contributed by atoms with Gasteiger partial charge in [-0.2, -0.15) is 0 Å². The summed E-state index contributed by atoms with van der Waals surface area (Å²) in [6.45, 7) is 9.79. The van der Waals surface area contributed by atoms with E-state index in [-0.39, 0.29) is 5.91 Å². The highest BCUT2D eigenvalue weighted by Crippen LogP contribution is 2.30. The number of carbonyl (C=O) groups excluding carboxylic acids is 1. The second kappa shape index (κ2) is 6.36. The number of nitrogens with one attached hydrogen (secondary N) is 1. The second-order valence-corrected chi connectivity index (χ2v) is 5.39. The van der Waals surface area contributed by atoms with Crippen molar-refractivity contribution in [3.05, 3.63) is 0 Å². The molecule has 0 aromatic heterocycles. The Morgan fingerprint density at radius 2 is 2.12 bits per heavy atom. The lowest BCUT2D eigenvalue weighted by molar-refractivity contribution is -0.124. The molecule has 0 spiro atoms. The summed E-state index contributed by atoms with van der Waals surface area (Å²) in [6.07, 6.45) is 3.69. The van der Waals surface area contributed by atoms with Crippen molar-refractivity contribution in [1.29, 1.82) is 0 Å². The number of amides is 1. The number of hydrogen-bond donors (Lipinski definition) is 2. The molecule has 0 radical (unpaired) electrons. The van der Waals surface area contributed by atoms with Crippen LogP contribution in [0.25, 0.3) is 0 Å². The van der Waals surface area contributed by atoms with E-state index in [1.54, 1.807) is 0 Å². The summed E-state index contributed by atoms with van der Waals surface area (Å²) in [5.74, 6) is 0.596. The zero-order chi connectivity index (χ0) is 12.9. The summed E-state index contributed by atoms with van der Waals surface area (Å²) in [5, 5.41) is 3.29. The summed E-state index contributed by atoms with van der Waals surface area (Å²) in [5.41, 5.74) is 4.94. The van der Waals surface area contributed by atoms with Gasteiger partial charge in [-0.15, -0.1) is 0 Å². The minimum Gasteiger partial charge on any atom is -0.368 e. The summed E-state index contributed by atoms with van der Waals surface area (Å²) in [6, 6.07) is 0. The number of hydrogen-bond acceptors (Lipinski definition) is 3. The normalized spacial score (nSPS) is 19.3. The molecule has 0 bridgehead atoms. The van der Waals surface area contributed by atoms with Gasteiger partial charge in [0.1, 0.15) is 5.54 Å². The van der Waals surface area contributed by atoms with Crippen LogP contribution >= 0.6 is 0 Å². The van der Waals surface area contributed by atoms with Gasteiger partial charge in [-0.05, 0) is 45.2 Å². The SMILES string of the molecule is CCCNC(C)(CN(CC)CC1CC1)C(N)=O. The Kier molecular flexibility index (Phi) is 5.40. The fourth-order valence-electron chi connectivity index (χ4n) is 2.04. The van der Waals surface area contributed by atoms with Gasteiger partial charge in [-0.1, -0.05) is 13.8 Å². The molecule has 4 nitrogen and oxygen atoms in total. The average Bonchev–Trinajstić information content (AvgIpc) is 3.09. The zero-order valence-corrected chi connectivity index (χ0v) is 11.5. The molecule has 1 atom stereocenters. The Hall–Kier alpha value is -0.610. The van der Waals surface area contributed by atoms with E-state index >= 15 is 0 Å². The largest absolute Gasteiger partial charge is 0.368 e. The first-order chi connectivity index (χ1) is 8.01. The first-order valence-corrected chi connectivity index (χ1v) is 6.79. The van der Waals surface area contributed by atoms with Crippen molar-refractivity contribution in [1.82, 2.24) is 10.2 Å². The minimum absolute atomic E-state index is 0.250. The molecule has 1 unspecified atom stereocenters. The van der Waals surface area contributed by atoms with Crippen LogP contribution in [0.5, 0.6) is 0 Å². The topological polar surface area (TPSA) is 58.4 Å². The van der Waals surface area contributed by atoms with Gasteiger partial charge >= 0.3 is 0 Å². The van der Waals surface area contributed by atoms with Crippen molar-refractivity contribution in [2.24, 2.45) is 11.7 Å². The Labute approximate surface area is 105 Å². The maximum atomic E-state index is 11.6. The number of likely N-dealkylation sites (N-methyl/N-ethyl adjacent to an activating group) is 1. The van der Waals surface area contributed by atoms with Gasteiger partial charge in [0.15, 0.2) is 0 Å². The molecule has 0 aromatic rings. The standard InChI is InChI=1S/C13H27N3O/c1-4-8-15-13(3,12(14)17)10-16(5-2)9-11-6-7-11/h11,15H,4-10H2,1-3H3,(H2,14,17). The lowest BCUT2D eigenvalue weighted by Crippen LogP contribution is -2.59. The molecule has 0 saturated heterocycles. The van der Waals surface area contributed by atoms with Crippen LogP contribution in [0.1, 0.15) is 40.0 Å². The maximum absolute atomic E-state index is 11.6. The average molecular weight is 241 g/mol. The van der Waals surface area contributed by atoms with Crippen molar-refractivity contribution in [3.8, 4) is 0 Å². The number of nitrogens with two attached hydrogens (primary N) is 1. The van der Waals surface area contributed by atoms with Crippen LogP contribution in [0.3, 0.4) is 0 Å². The molecular weight excluding hydrogens is 214 g/mol. The van der Waals surface area contributed by atoms with Gasteiger partial charge in [0.2, 0.25) is 5.91 Å². The molecular formula is C13H27N3O. The molecule has 1 aliphatic rings.